The van der Waals surface area contributed by atoms with E-state index in [1.54, 1.807) is 0 Å². The summed E-state index contributed by atoms with van der Waals surface area (Å²) in [6.07, 6.45) is 0. The number of hydrogen-bond donors (Lipinski definition) is 0. The third-order valence-corrected chi connectivity index (χ3v) is 0. The summed E-state index contributed by atoms with van der Waals surface area (Å²) in [6, 6.07) is 0. The van der Waals surface area contributed by atoms with Crippen molar-refractivity contribution >= 4 is 0 Å². The summed E-state index contributed by atoms with van der Waals surface area (Å²) in [5.41, 5.74) is 0. The predicted octanol–water partition coefficient (Wildman–Crippen LogP) is -0.533. The second-order valence-electron chi connectivity index (χ2n) is 0. The summed E-state index contributed by atoms with van der Waals surface area (Å²) in [4.78, 5) is 0. The Morgan fingerprint density at radius 2 is 0.500 bits per heavy atom. The zero-order valence-corrected chi connectivity index (χ0v) is 3.40. The number of hydrogen-bond acceptors (Lipinski definition) is 3. The van der Waals surface area contributed by atoms with E-state index in [1.807, 2.05) is 0 Å². The van der Waals surface area contributed by atoms with Crippen LogP contribution >= 0.6 is 0 Å². The van der Waals surface area contributed by atoms with Gasteiger partial charge < -0.3 is 16.4 Å². The molecular formula is H3O3Ti-. The quantitative estimate of drug-likeness (QED) is 0.382. The van der Waals surface area contributed by atoms with Crippen molar-refractivity contribution in [2.45, 2.75) is 0 Å². The summed E-state index contributed by atoms with van der Waals surface area (Å²) in [6.45, 7) is 0. The van der Waals surface area contributed by atoms with Crippen molar-refractivity contribution in [2.24, 2.45) is 0 Å². The first-order chi connectivity index (χ1) is 0. The molecule has 0 aliphatic rings. The molecule has 0 saturated heterocycles. The van der Waals surface area contributed by atoms with Crippen LogP contribution in [0.25, 0.3) is 0 Å². The van der Waals surface area contributed by atoms with Crippen LogP contribution in [-0.2, 0) is 21.7 Å². The summed E-state index contributed by atoms with van der Waals surface area (Å²) in [5, 5.41) is 0. The van der Waals surface area contributed by atoms with Crippen LogP contribution in [0.15, 0.2) is 0 Å². The third-order valence-electron chi connectivity index (χ3n) is 0. The van der Waals surface area contributed by atoms with E-state index in [0.29, 0.717) is 0 Å². The van der Waals surface area contributed by atoms with Gasteiger partial charge in [-0.3, -0.25) is 0 Å². The van der Waals surface area contributed by atoms with Crippen LogP contribution in [-0.4, -0.2) is 16.4 Å². The average molecular weight is 98.9 g/mol. The summed E-state index contributed by atoms with van der Waals surface area (Å²) < 4.78 is 0. The van der Waals surface area contributed by atoms with E-state index in [1.165, 1.54) is 0 Å². The minimum Gasteiger partial charge on any atom is -0.870 e. The van der Waals surface area contributed by atoms with Crippen molar-refractivity contribution in [1.29, 1.82) is 0 Å². The molecule has 3 nitrogen and oxygen atoms in total. The molecule has 26 valence electrons. The average Bonchev–Trinajstić information content (AvgIpc) is 0. The van der Waals surface area contributed by atoms with E-state index in [4.69, 9.17) is 0 Å². The van der Waals surface area contributed by atoms with Crippen molar-refractivity contribution in [2.75, 3.05) is 0 Å². The third kappa shape index (κ3) is 18.7. The van der Waals surface area contributed by atoms with E-state index < -0.39 is 0 Å². The molecule has 0 aliphatic carbocycles. The van der Waals surface area contributed by atoms with Gasteiger partial charge in [-0.2, -0.15) is 0 Å². The topological polar surface area (TPSA) is 90.0 Å². The molecule has 0 fully saturated rings. The summed E-state index contributed by atoms with van der Waals surface area (Å²) in [5.74, 6) is 0. The zero-order chi connectivity index (χ0) is 0. The van der Waals surface area contributed by atoms with Gasteiger partial charge in [-0.15, -0.1) is 0 Å². The Labute approximate surface area is 38.8 Å². The van der Waals surface area contributed by atoms with Gasteiger partial charge in [0.25, 0.3) is 0 Å². The molecule has 0 unspecified atom stereocenters. The van der Waals surface area contributed by atoms with Gasteiger partial charge in [0, 0.05) is 0 Å². The molecule has 4 heteroatoms. The molecule has 0 radical (unpaired) electrons. The molecule has 0 aliphatic heterocycles. The molecular weight excluding hydrogens is 95.9 g/mol. The van der Waals surface area contributed by atoms with Gasteiger partial charge in [-0.05, 0) is 0 Å². The Morgan fingerprint density at radius 1 is 0.500 bits per heavy atom. The van der Waals surface area contributed by atoms with Gasteiger partial charge in [0.15, 0.2) is 0 Å². The van der Waals surface area contributed by atoms with Crippen LogP contribution < -0.4 is 0 Å². The molecule has 0 heterocycles. The standard InChI is InChI=1S/3H2O.Ti/h3*1H2;/q;;;+2/p-3. The Bertz CT molecular complexity index is 3.25. The van der Waals surface area contributed by atoms with E-state index in [2.05, 4.69) is 0 Å². The Kier molecular flexibility index (Phi) is 2880. The van der Waals surface area contributed by atoms with Crippen molar-refractivity contribution in [3.05, 3.63) is 0 Å². The molecule has 0 aromatic heterocycles. The molecule has 0 spiro atoms. The van der Waals surface area contributed by atoms with Gasteiger partial charge in [-0.25, -0.2) is 0 Å². The summed E-state index contributed by atoms with van der Waals surface area (Å²) in [7, 11) is 0. The Morgan fingerprint density at radius 3 is 0.500 bits per heavy atom. The van der Waals surface area contributed by atoms with Gasteiger partial charge in [0.05, 0.1) is 0 Å². The Balaban J connectivity index is 0. The van der Waals surface area contributed by atoms with Crippen LogP contribution in [0.3, 0.4) is 0 Å². The first kappa shape index (κ1) is 168. The molecule has 0 aromatic rings. The summed E-state index contributed by atoms with van der Waals surface area (Å²) >= 11 is 0. The van der Waals surface area contributed by atoms with E-state index in [9.17, 15) is 0 Å². The fourth-order valence-corrected chi connectivity index (χ4v) is 0. The molecule has 0 amide bonds. The minimum atomic E-state index is 0. The molecule has 3 N–H and O–H groups in total. The SMILES string of the molecule is [OH-].[OH-].[OH-].[Ti+2]. The van der Waals surface area contributed by atoms with Crippen LogP contribution in [0.2, 0.25) is 0 Å². The Hall–Kier alpha value is 0.594. The van der Waals surface area contributed by atoms with E-state index in [-0.39, 0.29) is 38.1 Å². The van der Waals surface area contributed by atoms with Crippen LogP contribution in [0, 0.1) is 0 Å². The first-order valence-electron chi connectivity index (χ1n) is 0. The van der Waals surface area contributed by atoms with Gasteiger partial charge in [-0.1, -0.05) is 0 Å². The predicted molar refractivity (Wildman–Crippen MR) is 5.81 cm³/mol. The molecule has 0 atom stereocenters. The zero-order valence-electron chi connectivity index (χ0n) is 1.84. The molecule has 4 heavy (non-hydrogen) atoms. The van der Waals surface area contributed by atoms with Crippen LogP contribution in [0.4, 0.5) is 0 Å². The van der Waals surface area contributed by atoms with E-state index in [0.717, 1.165) is 0 Å². The second-order valence-corrected chi connectivity index (χ2v) is 0. The van der Waals surface area contributed by atoms with Crippen molar-refractivity contribution < 1.29 is 38.1 Å². The fraction of sp³-hybridized carbons (Fsp3) is 0. The molecule has 0 saturated carbocycles. The molecule has 0 aromatic carbocycles. The number of rotatable bonds is 0. The van der Waals surface area contributed by atoms with Gasteiger partial charge in [0.2, 0.25) is 0 Å². The van der Waals surface area contributed by atoms with Crippen LogP contribution in [0.5, 0.6) is 0 Å². The van der Waals surface area contributed by atoms with E-state index >= 15 is 0 Å². The van der Waals surface area contributed by atoms with Crippen molar-refractivity contribution in [3.8, 4) is 0 Å². The molecule has 0 rings (SSSR count). The van der Waals surface area contributed by atoms with Crippen molar-refractivity contribution in [3.63, 3.8) is 0 Å². The maximum atomic E-state index is 0. The first-order valence-corrected chi connectivity index (χ1v) is 0. The van der Waals surface area contributed by atoms with Gasteiger partial charge >= 0.3 is 21.7 Å². The minimum absolute atomic E-state index is 0. The fourth-order valence-electron chi connectivity index (χ4n) is 0. The van der Waals surface area contributed by atoms with Crippen LogP contribution in [0.1, 0.15) is 0 Å². The maximum Gasteiger partial charge on any atom is 2.00 e. The monoisotopic (exact) mass is 99.0 g/mol. The second kappa shape index (κ2) is 68.5. The maximum absolute atomic E-state index is 0. The molecule has 0 bridgehead atoms. The smallest absolute Gasteiger partial charge is 0.870 e. The normalized spacial score (nSPS) is 0. The van der Waals surface area contributed by atoms with Crippen molar-refractivity contribution in [1.82, 2.24) is 0 Å². The largest absolute Gasteiger partial charge is 2.00 e. The van der Waals surface area contributed by atoms with Gasteiger partial charge in [0.1, 0.15) is 0 Å².